The summed E-state index contributed by atoms with van der Waals surface area (Å²) in [7, 11) is 0. The molecule has 0 unspecified atom stereocenters. The molecule has 0 aliphatic rings. The molecule has 0 radical (unpaired) electrons. The first-order valence-electron chi connectivity index (χ1n) is 2.06. The third-order valence-electron chi connectivity index (χ3n) is 0.218. The molecule has 0 fully saturated rings. The molecule has 0 heterocycles. The van der Waals surface area contributed by atoms with Crippen LogP contribution in [0.25, 0.3) is 0 Å². The minimum atomic E-state index is -1.01. The van der Waals surface area contributed by atoms with Crippen LogP contribution in [-0.2, 0) is 37.3 Å². The summed E-state index contributed by atoms with van der Waals surface area (Å²) in [5, 5.41) is 18.5. The minimum absolute atomic E-state index is 0. The van der Waals surface area contributed by atoms with Crippen LogP contribution in [0.5, 0.6) is 0 Å². The Bertz CT molecular complexity index is 105. The molecule has 0 aliphatic heterocycles. The zero-order valence-electron chi connectivity index (χ0n) is 5.51. The average Bonchev–Trinajstić information content (AvgIpc) is 1.89. The fourth-order valence-electron chi connectivity index (χ4n) is 0. The second-order valence-electron chi connectivity index (χ2n) is 1.01. The Labute approximate surface area is 112 Å². The maximum Gasteiger partial charge on any atom is 2.00 e. The van der Waals surface area contributed by atoms with E-state index in [1.54, 1.807) is 45.2 Å². The van der Waals surface area contributed by atoms with Crippen LogP contribution in [0.15, 0.2) is 0 Å². The fraction of sp³-hybridized carbons (Fsp3) is 0.500. The second-order valence-corrected chi connectivity index (χ2v) is 2.54. The summed E-state index contributed by atoms with van der Waals surface area (Å²) in [4.78, 5) is 18.5. The van der Waals surface area contributed by atoms with Crippen molar-refractivity contribution in [3.63, 3.8) is 0 Å². The molecule has 0 rings (SSSR count). The van der Waals surface area contributed by atoms with Crippen molar-refractivity contribution < 1.29 is 47.5 Å². The quantitative estimate of drug-likeness (QED) is 0.226. The van der Waals surface area contributed by atoms with Gasteiger partial charge >= 0.3 is 27.7 Å². The summed E-state index contributed by atoms with van der Waals surface area (Å²) < 4.78 is 0.162. The number of carbonyl (C=O) groups is 2. The van der Waals surface area contributed by atoms with Gasteiger partial charge in [-0.15, -0.1) is 0 Å². The van der Waals surface area contributed by atoms with Gasteiger partial charge < -0.3 is 19.8 Å². The van der Waals surface area contributed by atoms with Crippen LogP contribution in [0.4, 0.5) is 0 Å². The van der Waals surface area contributed by atoms with Gasteiger partial charge in [0.25, 0.3) is 0 Å². The zero-order chi connectivity index (χ0) is 8.57. The second kappa shape index (κ2) is 13.9. The van der Waals surface area contributed by atoms with Gasteiger partial charge in [0.15, 0.2) is 0 Å². The summed E-state index contributed by atoms with van der Waals surface area (Å²) in [5.74, 6) is -2.02. The van der Waals surface area contributed by atoms with Gasteiger partial charge in [-0.1, -0.05) is 45.2 Å². The summed E-state index contributed by atoms with van der Waals surface area (Å²) in [6, 6.07) is 0. The first kappa shape index (κ1) is 18.2. The summed E-state index contributed by atoms with van der Waals surface area (Å²) in [5.41, 5.74) is 0. The van der Waals surface area contributed by atoms with Gasteiger partial charge in [0.1, 0.15) is 0 Å². The van der Waals surface area contributed by atoms with E-state index in [-0.39, 0.29) is 36.5 Å². The van der Waals surface area contributed by atoms with Crippen molar-refractivity contribution in [1.29, 1.82) is 0 Å². The third kappa shape index (κ3) is 34.7. The van der Waals surface area contributed by atoms with Crippen molar-refractivity contribution in [2.45, 2.75) is 0 Å². The molecule has 0 N–H and O–H groups in total. The largest absolute Gasteiger partial charge is 2.00 e. The van der Waals surface area contributed by atoms with E-state index in [9.17, 15) is 19.8 Å². The van der Waals surface area contributed by atoms with Crippen molar-refractivity contribution in [1.82, 2.24) is 0 Å². The van der Waals surface area contributed by atoms with Gasteiger partial charge in [-0.2, -0.15) is 0 Å². The first-order valence-corrected chi connectivity index (χ1v) is 5.11. The number of rotatable bonds is 2. The van der Waals surface area contributed by atoms with Gasteiger partial charge in [0, 0.05) is 8.86 Å². The molecule has 4 nitrogen and oxygen atoms in total. The molecule has 60 valence electrons. The van der Waals surface area contributed by atoms with E-state index in [4.69, 9.17) is 0 Å². The number of halogens is 2. The fourth-order valence-corrected chi connectivity index (χ4v) is 0. The van der Waals surface area contributed by atoms with Crippen LogP contribution in [0, 0.1) is 0 Å². The topological polar surface area (TPSA) is 80.3 Å². The van der Waals surface area contributed by atoms with Crippen molar-refractivity contribution in [2.75, 3.05) is 8.86 Å². The van der Waals surface area contributed by atoms with Crippen LogP contribution in [-0.4, -0.2) is 20.8 Å². The molecule has 0 spiro atoms. The predicted octanol–water partition coefficient (Wildman–Crippen LogP) is -1.66. The van der Waals surface area contributed by atoms with Gasteiger partial charge in [-0.05, 0) is 0 Å². The Hall–Kier alpha value is 1.34. The maximum atomic E-state index is 9.25. The number of alkyl halides is 2. The molecule has 7 heteroatoms. The molecule has 0 aromatic carbocycles. The van der Waals surface area contributed by atoms with Crippen LogP contribution >= 0.6 is 45.2 Å². The Morgan fingerprint density at radius 2 is 1.09 bits per heavy atom. The van der Waals surface area contributed by atoms with Crippen molar-refractivity contribution in [2.24, 2.45) is 0 Å². The van der Waals surface area contributed by atoms with Crippen molar-refractivity contribution >= 4 is 57.1 Å². The van der Waals surface area contributed by atoms with Crippen LogP contribution in [0.2, 0.25) is 0 Å². The minimum Gasteiger partial charge on any atom is -0.549 e. The predicted molar refractivity (Wildman–Crippen MR) is 47.8 cm³/mol. The van der Waals surface area contributed by atoms with E-state index < -0.39 is 11.9 Å². The SMILES string of the molecule is O=C([O-])CI.O=C([O-])CI.[Hg+2]. The van der Waals surface area contributed by atoms with E-state index in [1.165, 1.54) is 0 Å². The van der Waals surface area contributed by atoms with E-state index >= 15 is 0 Å². The summed E-state index contributed by atoms with van der Waals surface area (Å²) in [6.07, 6.45) is 0. The molecular weight excluding hydrogens is 566 g/mol. The standard InChI is InChI=1S/2C2H3IO2.Hg/c2*3-1-2(4)5;/h2*1H2,(H,4,5);/q;;+2/p-2. The molecule has 0 aromatic rings. The van der Waals surface area contributed by atoms with Crippen LogP contribution in [0.1, 0.15) is 0 Å². The number of aliphatic carboxylic acids is 2. The molecule has 0 bridgehead atoms. The van der Waals surface area contributed by atoms with E-state index in [2.05, 4.69) is 0 Å². The third-order valence-corrected chi connectivity index (χ3v) is 1.46. The molecule has 0 saturated carbocycles. The van der Waals surface area contributed by atoms with Crippen molar-refractivity contribution in [3.8, 4) is 0 Å². The Morgan fingerprint density at radius 1 is 1.00 bits per heavy atom. The smallest absolute Gasteiger partial charge is 0.549 e. The molecule has 0 atom stereocenters. The summed E-state index contributed by atoms with van der Waals surface area (Å²) in [6.45, 7) is 0. The molecule has 0 aromatic heterocycles. The molecular formula is C4H4HgI2O4. The molecule has 11 heavy (non-hydrogen) atoms. The summed E-state index contributed by atoms with van der Waals surface area (Å²) >= 11 is 3.43. The Kier molecular flexibility index (Phi) is 23.0. The van der Waals surface area contributed by atoms with Gasteiger partial charge in [0.05, 0.1) is 11.9 Å². The normalized spacial score (nSPS) is 6.73. The van der Waals surface area contributed by atoms with Gasteiger partial charge in [0.2, 0.25) is 0 Å². The number of carboxylic acids is 2. The van der Waals surface area contributed by atoms with Crippen LogP contribution in [0.3, 0.4) is 0 Å². The van der Waals surface area contributed by atoms with E-state index in [0.29, 0.717) is 0 Å². The Balaban J connectivity index is -0.000000107. The number of carboxylic acid groups (broad SMARTS) is 2. The van der Waals surface area contributed by atoms with Gasteiger partial charge in [-0.3, -0.25) is 0 Å². The van der Waals surface area contributed by atoms with Crippen LogP contribution < -0.4 is 10.2 Å². The van der Waals surface area contributed by atoms with Gasteiger partial charge in [-0.25, -0.2) is 0 Å². The Morgan fingerprint density at radius 3 is 1.09 bits per heavy atom. The maximum absolute atomic E-state index is 9.25. The molecule has 0 saturated heterocycles. The molecule has 0 amide bonds. The number of carbonyl (C=O) groups excluding carboxylic acids is 2. The monoisotopic (exact) mass is 572 g/mol. The first-order chi connectivity index (χ1) is 4.54. The zero-order valence-corrected chi connectivity index (χ0v) is 15.3. The van der Waals surface area contributed by atoms with E-state index in [0.717, 1.165) is 0 Å². The average molecular weight is 570 g/mol. The number of hydrogen-bond acceptors (Lipinski definition) is 4. The number of hydrogen-bond donors (Lipinski definition) is 0. The van der Waals surface area contributed by atoms with Crippen molar-refractivity contribution in [3.05, 3.63) is 0 Å². The molecule has 0 aliphatic carbocycles. The van der Waals surface area contributed by atoms with E-state index in [1.807, 2.05) is 0 Å².